The lowest BCUT2D eigenvalue weighted by atomic mass is 9.93. The Kier molecular flexibility index (Phi) is 5.79. The van der Waals surface area contributed by atoms with Crippen LogP contribution in [-0.2, 0) is 0 Å². The van der Waals surface area contributed by atoms with E-state index in [9.17, 15) is 8.78 Å². The van der Waals surface area contributed by atoms with Crippen molar-refractivity contribution in [1.82, 2.24) is 5.32 Å². The summed E-state index contributed by atoms with van der Waals surface area (Å²) in [7, 11) is 0. The fraction of sp³-hybridized carbons (Fsp3) is 0.625. The molecule has 0 aliphatic heterocycles. The molecule has 1 aliphatic rings. The lowest BCUT2D eigenvalue weighted by Crippen LogP contribution is -2.25. The minimum Gasteiger partial charge on any atom is -0.310 e. The summed E-state index contributed by atoms with van der Waals surface area (Å²) in [5, 5.41) is 3.20. The van der Waals surface area contributed by atoms with E-state index in [1.807, 2.05) is 0 Å². The SMILES string of the molecule is CCCNC(CC1CCCC1)c1cc(F)c(Cl)cc1F. The largest absolute Gasteiger partial charge is 0.310 e. The second-order valence-electron chi connectivity index (χ2n) is 5.68. The van der Waals surface area contributed by atoms with Gasteiger partial charge in [0.2, 0.25) is 0 Å². The summed E-state index contributed by atoms with van der Waals surface area (Å²) in [6.07, 6.45) is 6.74. The number of halogens is 3. The summed E-state index contributed by atoms with van der Waals surface area (Å²) in [5.74, 6) is -0.344. The maximum absolute atomic E-state index is 14.1. The zero-order valence-corrected chi connectivity index (χ0v) is 12.6. The van der Waals surface area contributed by atoms with Gasteiger partial charge in [0.15, 0.2) is 0 Å². The molecule has 112 valence electrons. The smallest absolute Gasteiger partial charge is 0.142 e. The molecule has 1 saturated carbocycles. The Morgan fingerprint density at radius 3 is 2.60 bits per heavy atom. The van der Waals surface area contributed by atoms with Crippen molar-refractivity contribution >= 4 is 11.6 Å². The zero-order valence-electron chi connectivity index (χ0n) is 11.9. The molecule has 1 nitrogen and oxygen atoms in total. The molecule has 1 aromatic carbocycles. The van der Waals surface area contributed by atoms with Crippen LogP contribution in [0.3, 0.4) is 0 Å². The molecule has 20 heavy (non-hydrogen) atoms. The molecule has 0 bridgehead atoms. The molecule has 1 atom stereocenters. The molecule has 0 saturated heterocycles. The van der Waals surface area contributed by atoms with Crippen LogP contribution in [0.15, 0.2) is 12.1 Å². The van der Waals surface area contributed by atoms with Gasteiger partial charge in [0.25, 0.3) is 0 Å². The predicted octanol–water partition coefficient (Wildman–Crippen LogP) is 5.24. The van der Waals surface area contributed by atoms with Crippen molar-refractivity contribution < 1.29 is 8.78 Å². The molecule has 0 heterocycles. The van der Waals surface area contributed by atoms with Crippen molar-refractivity contribution in [2.45, 2.75) is 51.5 Å². The predicted molar refractivity (Wildman–Crippen MR) is 79.0 cm³/mol. The van der Waals surface area contributed by atoms with E-state index >= 15 is 0 Å². The van der Waals surface area contributed by atoms with E-state index < -0.39 is 11.6 Å². The molecule has 1 fully saturated rings. The van der Waals surface area contributed by atoms with Gasteiger partial charge in [0.1, 0.15) is 11.6 Å². The van der Waals surface area contributed by atoms with Crippen molar-refractivity contribution in [1.29, 1.82) is 0 Å². The topological polar surface area (TPSA) is 12.0 Å². The van der Waals surface area contributed by atoms with Crippen LogP contribution in [0.25, 0.3) is 0 Å². The van der Waals surface area contributed by atoms with Gasteiger partial charge in [-0.25, -0.2) is 8.78 Å². The minimum atomic E-state index is -0.544. The Labute approximate surface area is 124 Å². The van der Waals surface area contributed by atoms with Crippen molar-refractivity contribution in [3.05, 3.63) is 34.4 Å². The highest BCUT2D eigenvalue weighted by Crippen LogP contribution is 2.34. The Hall–Kier alpha value is -0.670. The maximum Gasteiger partial charge on any atom is 0.142 e. The zero-order chi connectivity index (χ0) is 14.5. The summed E-state index contributed by atoms with van der Waals surface area (Å²) in [6.45, 7) is 2.87. The molecule has 0 spiro atoms. The third kappa shape index (κ3) is 3.92. The standard InChI is InChI=1S/C16H22ClF2N/c1-2-7-20-16(8-11-5-3-4-6-11)12-9-15(19)13(17)10-14(12)18/h9-11,16,20H,2-8H2,1H3. The van der Waals surface area contributed by atoms with Crippen LogP contribution in [0, 0.1) is 17.6 Å². The molecular weight excluding hydrogens is 280 g/mol. The molecule has 1 aliphatic carbocycles. The van der Waals surface area contributed by atoms with Crippen LogP contribution in [0.2, 0.25) is 5.02 Å². The second kappa shape index (κ2) is 7.37. The van der Waals surface area contributed by atoms with Gasteiger partial charge in [-0.1, -0.05) is 44.2 Å². The number of rotatable bonds is 6. The average Bonchev–Trinajstić information content (AvgIpc) is 2.92. The fourth-order valence-electron chi connectivity index (χ4n) is 3.02. The van der Waals surface area contributed by atoms with Crippen LogP contribution in [0.5, 0.6) is 0 Å². The van der Waals surface area contributed by atoms with Crippen LogP contribution >= 0.6 is 11.6 Å². The Morgan fingerprint density at radius 1 is 1.25 bits per heavy atom. The van der Waals surface area contributed by atoms with Crippen LogP contribution in [0.4, 0.5) is 8.78 Å². The van der Waals surface area contributed by atoms with Crippen molar-refractivity contribution in [2.24, 2.45) is 5.92 Å². The van der Waals surface area contributed by atoms with Gasteiger partial charge >= 0.3 is 0 Å². The number of hydrogen-bond donors (Lipinski definition) is 1. The number of nitrogens with one attached hydrogen (secondary N) is 1. The molecule has 1 unspecified atom stereocenters. The lowest BCUT2D eigenvalue weighted by Gasteiger charge is -2.23. The van der Waals surface area contributed by atoms with E-state index in [4.69, 9.17) is 11.6 Å². The fourth-order valence-corrected chi connectivity index (χ4v) is 3.17. The summed E-state index contributed by atoms with van der Waals surface area (Å²) in [5.41, 5.74) is 0.409. The molecule has 1 aromatic rings. The van der Waals surface area contributed by atoms with Crippen molar-refractivity contribution in [3.63, 3.8) is 0 Å². The first-order chi connectivity index (χ1) is 9.61. The maximum atomic E-state index is 14.1. The van der Waals surface area contributed by atoms with Gasteiger partial charge in [0.05, 0.1) is 5.02 Å². The van der Waals surface area contributed by atoms with E-state index in [1.165, 1.54) is 31.7 Å². The van der Waals surface area contributed by atoms with E-state index in [-0.39, 0.29) is 11.1 Å². The van der Waals surface area contributed by atoms with Gasteiger partial charge < -0.3 is 5.32 Å². The van der Waals surface area contributed by atoms with E-state index in [2.05, 4.69) is 12.2 Å². The average molecular weight is 302 g/mol. The van der Waals surface area contributed by atoms with Gasteiger partial charge in [-0.05, 0) is 37.4 Å². The highest BCUT2D eigenvalue weighted by Gasteiger charge is 2.24. The Balaban J connectivity index is 2.18. The summed E-state index contributed by atoms with van der Waals surface area (Å²) in [6, 6.07) is 2.21. The summed E-state index contributed by atoms with van der Waals surface area (Å²) >= 11 is 5.63. The second-order valence-corrected chi connectivity index (χ2v) is 6.09. The van der Waals surface area contributed by atoms with Gasteiger partial charge in [-0.3, -0.25) is 0 Å². The molecule has 0 amide bonds. The van der Waals surface area contributed by atoms with Crippen molar-refractivity contribution in [3.8, 4) is 0 Å². The van der Waals surface area contributed by atoms with E-state index in [0.717, 1.165) is 25.5 Å². The highest BCUT2D eigenvalue weighted by atomic mass is 35.5. The number of benzene rings is 1. The normalized spacial score (nSPS) is 17.6. The number of hydrogen-bond acceptors (Lipinski definition) is 1. The molecule has 0 aromatic heterocycles. The van der Waals surface area contributed by atoms with Crippen LogP contribution in [-0.4, -0.2) is 6.54 Å². The first-order valence-electron chi connectivity index (χ1n) is 7.49. The lowest BCUT2D eigenvalue weighted by molar-refractivity contribution is 0.384. The monoisotopic (exact) mass is 301 g/mol. The van der Waals surface area contributed by atoms with Gasteiger partial charge in [-0.2, -0.15) is 0 Å². The third-order valence-corrected chi connectivity index (χ3v) is 4.39. The molecule has 0 radical (unpaired) electrons. The van der Waals surface area contributed by atoms with Gasteiger partial charge in [0, 0.05) is 11.6 Å². The molecule has 2 rings (SSSR count). The summed E-state index contributed by atoms with van der Waals surface area (Å²) in [4.78, 5) is 0. The highest BCUT2D eigenvalue weighted by molar-refractivity contribution is 6.30. The molecular formula is C16H22ClF2N. The summed E-state index contributed by atoms with van der Waals surface area (Å²) < 4.78 is 27.7. The van der Waals surface area contributed by atoms with E-state index in [1.54, 1.807) is 0 Å². The first-order valence-corrected chi connectivity index (χ1v) is 7.87. The van der Waals surface area contributed by atoms with Gasteiger partial charge in [-0.15, -0.1) is 0 Å². The Morgan fingerprint density at radius 2 is 1.95 bits per heavy atom. The van der Waals surface area contributed by atoms with Crippen molar-refractivity contribution in [2.75, 3.05) is 6.54 Å². The first kappa shape index (κ1) is 15.7. The van der Waals surface area contributed by atoms with Crippen LogP contribution < -0.4 is 5.32 Å². The molecule has 1 N–H and O–H groups in total. The molecule has 4 heteroatoms. The third-order valence-electron chi connectivity index (χ3n) is 4.10. The Bertz CT molecular complexity index is 444. The minimum absolute atomic E-state index is 0.121. The van der Waals surface area contributed by atoms with E-state index in [0.29, 0.717) is 11.5 Å². The quantitative estimate of drug-likeness (QED) is 0.709. The van der Waals surface area contributed by atoms with Crippen LogP contribution in [0.1, 0.15) is 57.1 Å².